The van der Waals surface area contributed by atoms with Gasteiger partial charge in [0, 0.05) is 20.0 Å². The van der Waals surface area contributed by atoms with E-state index in [4.69, 9.17) is 0 Å². The lowest BCUT2D eigenvalue weighted by Gasteiger charge is -2.29. The summed E-state index contributed by atoms with van der Waals surface area (Å²) in [4.78, 5) is 24.4. The Labute approximate surface area is 114 Å². The van der Waals surface area contributed by atoms with Gasteiger partial charge in [-0.15, -0.1) is 0 Å². The zero-order valence-corrected chi connectivity index (χ0v) is 11.6. The molecule has 0 aromatic heterocycles. The fourth-order valence-electron chi connectivity index (χ4n) is 3.10. The van der Waals surface area contributed by atoms with E-state index in [2.05, 4.69) is 5.32 Å². The molecule has 1 aliphatic carbocycles. The molecule has 5 nitrogen and oxygen atoms in total. The highest BCUT2D eigenvalue weighted by molar-refractivity contribution is 6.00. The number of hydrogen-bond acceptors (Lipinski definition) is 4. The average molecular weight is 268 g/mol. The predicted molar refractivity (Wildman–Crippen MR) is 71.4 cm³/mol. The summed E-state index contributed by atoms with van der Waals surface area (Å²) in [5, 5.41) is 13.1. The second kappa shape index (κ2) is 6.48. The molecule has 108 valence electrons. The molecule has 1 aliphatic heterocycles. The number of piperidine rings is 1. The third-order valence-electron chi connectivity index (χ3n) is 4.33. The van der Waals surface area contributed by atoms with Crippen molar-refractivity contribution in [3.8, 4) is 0 Å². The molecule has 0 bridgehead atoms. The Kier molecular flexibility index (Phi) is 4.93. The van der Waals surface area contributed by atoms with Crippen molar-refractivity contribution >= 4 is 11.8 Å². The van der Waals surface area contributed by atoms with Crippen LogP contribution in [-0.4, -0.2) is 47.6 Å². The molecule has 1 heterocycles. The lowest BCUT2D eigenvalue weighted by Crippen LogP contribution is -2.52. The summed E-state index contributed by atoms with van der Waals surface area (Å²) in [5.41, 5.74) is 0. The van der Waals surface area contributed by atoms with Crippen LogP contribution in [0.15, 0.2) is 0 Å². The first-order valence-electron chi connectivity index (χ1n) is 7.29. The number of nitrogens with one attached hydrogen (secondary N) is 1. The maximum atomic E-state index is 11.9. The number of likely N-dealkylation sites (tertiary alicyclic amines) is 1. The quantitative estimate of drug-likeness (QED) is 0.719. The van der Waals surface area contributed by atoms with Gasteiger partial charge in [-0.3, -0.25) is 14.5 Å². The van der Waals surface area contributed by atoms with Gasteiger partial charge < -0.3 is 10.4 Å². The van der Waals surface area contributed by atoms with Crippen LogP contribution < -0.4 is 5.32 Å². The van der Waals surface area contributed by atoms with E-state index in [-0.39, 0.29) is 24.0 Å². The highest BCUT2D eigenvalue weighted by atomic mass is 16.3. The topological polar surface area (TPSA) is 69.6 Å². The molecule has 0 spiro atoms. The van der Waals surface area contributed by atoms with E-state index in [1.54, 1.807) is 0 Å². The molecule has 5 heteroatoms. The molecule has 2 rings (SSSR count). The van der Waals surface area contributed by atoms with Gasteiger partial charge in [-0.05, 0) is 18.8 Å². The second-order valence-electron chi connectivity index (χ2n) is 5.83. The number of carbonyl (C=O) groups excluding carboxylic acids is 2. The maximum absolute atomic E-state index is 11.9. The Morgan fingerprint density at radius 3 is 2.68 bits per heavy atom. The van der Waals surface area contributed by atoms with Crippen molar-refractivity contribution in [2.75, 3.05) is 13.6 Å². The Bertz CT molecular complexity index is 340. The van der Waals surface area contributed by atoms with Crippen molar-refractivity contribution in [2.45, 2.75) is 57.1 Å². The van der Waals surface area contributed by atoms with Gasteiger partial charge >= 0.3 is 0 Å². The number of hydrogen-bond donors (Lipinski definition) is 2. The van der Waals surface area contributed by atoms with E-state index in [0.717, 1.165) is 6.42 Å². The number of aliphatic hydroxyl groups is 1. The standard InChI is InChI=1S/C14H24N2O3/c1-16-13(18)7-6-12(14(16)19)15-9-11(17)8-10-4-2-3-5-10/h10-12,15,17H,2-9H2,1H3. The third-order valence-corrected chi connectivity index (χ3v) is 4.33. The van der Waals surface area contributed by atoms with Gasteiger partial charge in [-0.25, -0.2) is 0 Å². The monoisotopic (exact) mass is 268 g/mol. The Morgan fingerprint density at radius 1 is 1.32 bits per heavy atom. The van der Waals surface area contributed by atoms with Gasteiger partial charge in [0.15, 0.2) is 0 Å². The molecule has 19 heavy (non-hydrogen) atoms. The van der Waals surface area contributed by atoms with Gasteiger partial charge in [-0.2, -0.15) is 0 Å². The van der Waals surface area contributed by atoms with Crippen molar-refractivity contribution in [2.24, 2.45) is 5.92 Å². The van der Waals surface area contributed by atoms with Crippen LogP contribution in [0.2, 0.25) is 0 Å². The third kappa shape index (κ3) is 3.76. The first-order chi connectivity index (χ1) is 9.08. The summed E-state index contributed by atoms with van der Waals surface area (Å²) < 4.78 is 0. The molecular formula is C14H24N2O3. The van der Waals surface area contributed by atoms with Crippen LogP contribution in [0.25, 0.3) is 0 Å². The normalized spacial score (nSPS) is 27.1. The fraction of sp³-hybridized carbons (Fsp3) is 0.857. The average Bonchev–Trinajstić information content (AvgIpc) is 2.88. The number of aliphatic hydroxyl groups excluding tert-OH is 1. The largest absolute Gasteiger partial charge is 0.392 e. The summed E-state index contributed by atoms with van der Waals surface area (Å²) in [7, 11) is 1.52. The van der Waals surface area contributed by atoms with Crippen molar-refractivity contribution in [1.82, 2.24) is 10.2 Å². The number of carbonyl (C=O) groups is 2. The van der Waals surface area contributed by atoms with Crippen molar-refractivity contribution < 1.29 is 14.7 Å². The molecule has 1 saturated carbocycles. The van der Waals surface area contributed by atoms with Crippen LogP contribution >= 0.6 is 0 Å². The number of nitrogens with zero attached hydrogens (tertiary/aromatic N) is 1. The van der Waals surface area contributed by atoms with E-state index in [9.17, 15) is 14.7 Å². The van der Waals surface area contributed by atoms with Gasteiger partial charge in [0.1, 0.15) is 0 Å². The van der Waals surface area contributed by atoms with Gasteiger partial charge in [0.2, 0.25) is 11.8 Å². The molecule has 2 aliphatic rings. The Morgan fingerprint density at radius 2 is 2.00 bits per heavy atom. The number of rotatable bonds is 5. The van der Waals surface area contributed by atoms with Crippen molar-refractivity contribution in [3.63, 3.8) is 0 Å². The van der Waals surface area contributed by atoms with Crippen LogP contribution in [0.1, 0.15) is 44.9 Å². The van der Waals surface area contributed by atoms with Crippen molar-refractivity contribution in [1.29, 1.82) is 0 Å². The molecule has 2 fully saturated rings. The van der Waals surface area contributed by atoms with Crippen LogP contribution in [0.4, 0.5) is 0 Å². The van der Waals surface area contributed by atoms with Crippen LogP contribution in [0.3, 0.4) is 0 Å². The Balaban J connectivity index is 1.72. The van der Waals surface area contributed by atoms with Crippen molar-refractivity contribution in [3.05, 3.63) is 0 Å². The fourth-order valence-corrected chi connectivity index (χ4v) is 3.10. The molecular weight excluding hydrogens is 244 g/mol. The van der Waals surface area contributed by atoms with Crippen LogP contribution in [0, 0.1) is 5.92 Å². The first-order valence-corrected chi connectivity index (χ1v) is 7.29. The molecule has 2 amide bonds. The number of likely N-dealkylation sites (N-methyl/N-ethyl adjacent to an activating group) is 1. The van der Waals surface area contributed by atoms with E-state index in [1.165, 1.54) is 37.6 Å². The molecule has 0 aromatic rings. The molecule has 2 unspecified atom stereocenters. The zero-order chi connectivity index (χ0) is 13.8. The SMILES string of the molecule is CN1C(=O)CCC(NCC(O)CC2CCCC2)C1=O. The lowest BCUT2D eigenvalue weighted by molar-refractivity contribution is -0.148. The molecule has 0 radical (unpaired) electrons. The summed E-state index contributed by atoms with van der Waals surface area (Å²) in [5.74, 6) is 0.349. The van der Waals surface area contributed by atoms with Gasteiger partial charge in [0.25, 0.3) is 0 Å². The number of amides is 2. The van der Waals surface area contributed by atoms with Gasteiger partial charge in [-0.1, -0.05) is 25.7 Å². The summed E-state index contributed by atoms with van der Waals surface area (Å²) in [6.07, 6.45) is 6.36. The van der Waals surface area contributed by atoms with Crippen LogP contribution in [0.5, 0.6) is 0 Å². The van der Waals surface area contributed by atoms with E-state index < -0.39 is 0 Å². The van der Waals surface area contributed by atoms with Gasteiger partial charge in [0.05, 0.1) is 12.1 Å². The zero-order valence-electron chi connectivity index (χ0n) is 11.6. The van der Waals surface area contributed by atoms with Crippen LogP contribution in [-0.2, 0) is 9.59 Å². The maximum Gasteiger partial charge on any atom is 0.246 e. The van der Waals surface area contributed by atoms with E-state index >= 15 is 0 Å². The number of imide groups is 1. The van der Waals surface area contributed by atoms with E-state index in [1.807, 2.05) is 0 Å². The molecule has 2 N–H and O–H groups in total. The molecule has 0 aromatic carbocycles. The minimum atomic E-state index is -0.390. The Hall–Kier alpha value is -0.940. The smallest absolute Gasteiger partial charge is 0.246 e. The minimum Gasteiger partial charge on any atom is -0.392 e. The predicted octanol–water partition coefficient (Wildman–Crippen LogP) is 0.665. The first kappa shape index (κ1) is 14.5. The van der Waals surface area contributed by atoms with E-state index in [0.29, 0.717) is 25.3 Å². The summed E-state index contributed by atoms with van der Waals surface area (Å²) in [6, 6.07) is -0.319. The highest BCUT2D eigenvalue weighted by Gasteiger charge is 2.31. The second-order valence-corrected chi connectivity index (χ2v) is 5.83. The minimum absolute atomic E-state index is 0.116. The summed E-state index contributed by atoms with van der Waals surface area (Å²) >= 11 is 0. The highest BCUT2D eigenvalue weighted by Crippen LogP contribution is 2.28. The molecule has 1 saturated heterocycles. The lowest BCUT2D eigenvalue weighted by atomic mass is 9.99. The molecule has 2 atom stereocenters. The summed E-state index contributed by atoms with van der Waals surface area (Å²) in [6.45, 7) is 0.439.